The van der Waals surface area contributed by atoms with E-state index in [1.165, 1.54) is 29.5 Å². The van der Waals surface area contributed by atoms with Gasteiger partial charge in [0.05, 0.1) is 5.69 Å². The van der Waals surface area contributed by atoms with Crippen LogP contribution in [0.4, 0.5) is 22.0 Å². The fraction of sp³-hybridized carbons (Fsp3) is 0. The fourth-order valence-corrected chi connectivity index (χ4v) is 2.17. The number of nitrogen functional groups attached to an aromatic ring is 1. The maximum absolute atomic E-state index is 13.1. The zero-order chi connectivity index (χ0) is 14.8. The first-order chi connectivity index (χ1) is 10.1. The maximum Gasteiger partial charge on any atom is 0.258 e. The van der Waals surface area contributed by atoms with Gasteiger partial charge in [-0.2, -0.15) is 24.7 Å². The zero-order valence-electron chi connectivity index (χ0n) is 10.4. The minimum absolute atomic E-state index is 0.0371. The normalized spacial score (nSPS) is 10.6. The molecule has 3 aromatic rings. The molecule has 0 aliphatic rings. The highest BCUT2D eigenvalue weighted by atomic mass is 127. The summed E-state index contributed by atoms with van der Waals surface area (Å²) in [6.45, 7) is 0. The van der Waals surface area contributed by atoms with Crippen LogP contribution >= 0.6 is 22.6 Å². The van der Waals surface area contributed by atoms with Gasteiger partial charge in [0.1, 0.15) is 18.5 Å². The van der Waals surface area contributed by atoms with Crippen molar-refractivity contribution in [3.8, 4) is 5.95 Å². The Balaban J connectivity index is 1.95. The number of rotatable bonds is 3. The lowest BCUT2D eigenvalue weighted by Gasteiger charge is -2.08. The van der Waals surface area contributed by atoms with Crippen LogP contribution in [0.5, 0.6) is 0 Å². The molecule has 0 atom stereocenters. The molecule has 0 saturated heterocycles. The average molecular weight is 398 g/mol. The van der Waals surface area contributed by atoms with Crippen LogP contribution in [0.3, 0.4) is 0 Å². The summed E-state index contributed by atoms with van der Waals surface area (Å²) < 4.78 is 15.1. The topological polar surface area (TPSA) is 107 Å². The second kappa shape index (κ2) is 5.55. The smallest absolute Gasteiger partial charge is 0.258 e. The summed E-state index contributed by atoms with van der Waals surface area (Å²) in [5.74, 6) is 0.190. The molecule has 0 amide bonds. The van der Waals surface area contributed by atoms with Crippen LogP contribution in [0.25, 0.3) is 5.95 Å². The first-order valence-electron chi connectivity index (χ1n) is 5.70. The van der Waals surface area contributed by atoms with Gasteiger partial charge in [-0.05, 0) is 40.8 Å². The molecule has 8 nitrogen and oxygen atoms in total. The Kier molecular flexibility index (Phi) is 3.60. The van der Waals surface area contributed by atoms with Crippen molar-refractivity contribution in [2.45, 2.75) is 0 Å². The summed E-state index contributed by atoms with van der Waals surface area (Å²) in [6.07, 6.45) is 2.80. The van der Waals surface area contributed by atoms with E-state index in [1.807, 2.05) is 22.6 Å². The maximum atomic E-state index is 13.1. The van der Waals surface area contributed by atoms with Crippen molar-refractivity contribution in [3.05, 3.63) is 40.2 Å². The molecular weight excluding hydrogens is 390 g/mol. The summed E-state index contributed by atoms with van der Waals surface area (Å²) >= 11 is 2.01. The molecule has 0 aliphatic heterocycles. The monoisotopic (exact) mass is 398 g/mol. The van der Waals surface area contributed by atoms with Crippen molar-refractivity contribution in [1.29, 1.82) is 0 Å². The number of anilines is 3. The SMILES string of the molecule is Nc1nc(Nc2ccc(F)cc2I)nc(-n2cncn2)n1. The van der Waals surface area contributed by atoms with Gasteiger partial charge in [0.25, 0.3) is 5.95 Å². The Morgan fingerprint density at radius 2 is 2.10 bits per heavy atom. The Hall–Kier alpha value is -2.37. The number of hydrogen-bond donors (Lipinski definition) is 2. The number of aromatic nitrogens is 6. The van der Waals surface area contributed by atoms with Gasteiger partial charge in [-0.1, -0.05) is 0 Å². The molecule has 0 saturated carbocycles. The van der Waals surface area contributed by atoms with Gasteiger partial charge in [-0.15, -0.1) is 0 Å². The standard InChI is InChI=1S/C11H8FIN8/c12-6-1-2-8(7(13)3-6)17-10-18-9(14)19-11(20-10)21-5-15-4-16-21/h1-5H,(H3,14,17,18,19,20). The van der Waals surface area contributed by atoms with E-state index in [9.17, 15) is 4.39 Å². The van der Waals surface area contributed by atoms with E-state index in [0.29, 0.717) is 9.26 Å². The van der Waals surface area contributed by atoms with Crippen LogP contribution in [-0.2, 0) is 0 Å². The fourth-order valence-electron chi connectivity index (χ4n) is 1.56. The summed E-state index contributed by atoms with van der Waals surface area (Å²) in [5.41, 5.74) is 6.32. The number of benzene rings is 1. The molecule has 0 unspecified atom stereocenters. The van der Waals surface area contributed by atoms with E-state index in [-0.39, 0.29) is 23.7 Å². The molecular formula is C11H8FIN8. The van der Waals surface area contributed by atoms with Gasteiger partial charge in [-0.25, -0.2) is 9.37 Å². The molecule has 1 aromatic carbocycles. The second-order valence-electron chi connectivity index (χ2n) is 3.91. The summed E-state index contributed by atoms with van der Waals surface area (Å²) in [4.78, 5) is 16.0. The average Bonchev–Trinajstić information content (AvgIpc) is 2.95. The lowest BCUT2D eigenvalue weighted by atomic mass is 10.3. The second-order valence-corrected chi connectivity index (χ2v) is 5.07. The number of nitrogens with zero attached hydrogens (tertiary/aromatic N) is 6. The minimum atomic E-state index is -0.316. The van der Waals surface area contributed by atoms with Crippen molar-refractivity contribution < 1.29 is 4.39 Å². The van der Waals surface area contributed by atoms with Gasteiger partial charge in [0.15, 0.2) is 0 Å². The van der Waals surface area contributed by atoms with E-state index in [0.717, 1.165) is 0 Å². The summed E-state index contributed by atoms with van der Waals surface area (Å²) in [7, 11) is 0. The van der Waals surface area contributed by atoms with Crippen molar-refractivity contribution in [2.75, 3.05) is 11.1 Å². The highest BCUT2D eigenvalue weighted by Crippen LogP contribution is 2.22. The molecule has 2 aromatic heterocycles. The predicted molar refractivity (Wildman–Crippen MR) is 81.6 cm³/mol. The molecule has 0 bridgehead atoms. The molecule has 3 rings (SSSR count). The third-order valence-electron chi connectivity index (χ3n) is 2.44. The number of nitrogens with one attached hydrogen (secondary N) is 1. The molecule has 0 radical (unpaired) electrons. The first kappa shape index (κ1) is 13.6. The number of halogens is 2. The third-order valence-corrected chi connectivity index (χ3v) is 3.33. The molecule has 21 heavy (non-hydrogen) atoms. The van der Waals surface area contributed by atoms with Crippen molar-refractivity contribution in [2.24, 2.45) is 0 Å². The highest BCUT2D eigenvalue weighted by molar-refractivity contribution is 14.1. The molecule has 2 heterocycles. The van der Waals surface area contributed by atoms with E-state index < -0.39 is 0 Å². The quantitative estimate of drug-likeness (QED) is 0.645. The lowest BCUT2D eigenvalue weighted by molar-refractivity contribution is 0.627. The molecule has 106 valence electrons. The Morgan fingerprint density at radius 3 is 2.81 bits per heavy atom. The summed E-state index contributed by atoms with van der Waals surface area (Å²) in [6, 6.07) is 4.32. The number of hydrogen-bond acceptors (Lipinski definition) is 7. The summed E-state index contributed by atoms with van der Waals surface area (Å²) in [5, 5.41) is 6.89. The first-order valence-corrected chi connectivity index (χ1v) is 6.78. The lowest BCUT2D eigenvalue weighted by Crippen LogP contribution is -2.09. The van der Waals surface area contributed by atoms with Crippen LogP contribution in [0, 0.1) is 9.39 Å². The molecule has 0 fully saturated rings. The van der Waals surface area contributed by atoms with Crippen LogP contribution < -0.4 is 11.1 Å². The van der Waals surface area contributed by atoms with E-state index in [4.69, 9.17) is 5.73 Å². The van der Waals surface area contributed by atoms with Crippen LogP contribution in [0.2, 0.25) is 0 Å². The largest absolute Gasteiger partial charge is 0.368 e. The van der Waals surface area contributed by atoms with Crippen molar-refractivity contribution in [3.63, 3.8) is 0 Å². The molecule has 3 N–H and O–H groups in total. The van der Waals surface area contributed by atoms with Gasteiger partial charge in [-0.3, -0.25) is 0 Å². The Labute approximate surface area is 131 Å². The van der Waals surface area contributed by atoms with E-state index in [2.05, 4.69) is 30.4 Å². The van der Waals surface area contributed by atoms with Gasteiger partial charge in [0, 0.05) is 3.57 Å². The minimum Gasteiger partial charge on any atom is -0.368 e. The van der Waals surface area contributed by atoms with Gasteiger partial charge < -0.3 is 11.1 Å². The molecule has 10 heteroatoms. The molecule has 0 spiro atoms. The van der Waals surface area contributed by atoms with Crippen LogP contribution in [-0.4, -0.2) is 29.7 Å². The predicted octanol–water partition coefficient (Wildman–Crippen LogP) is 1.52. The van der Waals surface area contributed by atoms with E-state index in [1.54, 1.807) is 6.07 Å². The Bertz CT molecular complexity index is 776. The van der Waals surface area contributed by atoms with E-state index >= 15 is 0 Å². The van der Waals surface area contributed by atoms with Crippen LogP contribution in [0.1, 0.15) is 0 Å². The number of nitrogens with two attached hydrogens (primary N) is 1. The third kappa shape index (κ3) is 3.04. The van der Waals surface area contributed by atoms with Gasteiger partial charge in [0.2, 0.25) is 11.9 Å². The van der Waals surface area contributed by atoms with Crippen molar-refractivity contribution >= 4 is 40.2 Å². The highest BCUT2D eigenvalue weighted by Gasteiger charge is 2.09. The van der Waals surface area contributed by atoms with Gasteiger partial charge >= 0.3 is 0 Å². The Morgan fingerprint density at radius 1 is 1.24 bits per heavy atom. The van der Waals surface area contributed by atoms with Crippen LogP contribution in [0.15, 0.2) is 30.9 Å². The zero-order valence-corrected chi connectivity index (χ0v) is 12.6. The molecule has 0 aliphatic carbocycles. The van der Waals surface area contributed by atoms with Crippen molar-refractivity contribution in [1.82, 2.24) is 29.7 Å².